The molecular formula is C8H13NO4. The smallest absolute Gasteiger partial charge is 0.408 e. The van der Waals surface area contributed by atoms with E-state index in [1.54, 1.807) is 6.92 Å². The summed E-state index contributed by atoms with van der Waals surface area (Å²) in [5.41, 5.74) is -0.492. The monoisotopic (exact) mass is 187 g/mol. The molecule has 2 aliphatic heterocycles. The third kappa shape index (κ3) is 1.28. The molecule has 2 rings (SSSR count). The maximum Gasteiger partial charge on any atom is 0.408 e. The summed E-state index contributed by atoms with van der Waals surface area (Å²) in [6.07, 6.45) is -1.46. The van der Waals surface area contributed by atoms with Gasteiger partial charge in [-0.25, -0.2) is 4.79 Å². The highest BCUT2D eigenvalue weighted by molar-refractivity contribution is 5.71. The van der Waals surface area contributed by atoms with E-state index in [0.29, 0.717) is 6.42 Å². The minimum atomic E-state index is -0.821. The Hall–Kier alpha value is -0.810. The van der Waals surface area contributed by atoms with Gasteiger partial charge in [0.05, 0.1) is 11.6 Å². The molecule has 4 atom stereocenters. The lowest BCUT2D eigenvalue weighted by Gasteiger charge is -2.39. The van der Waals surface area contributed by atoms with Gasteiger partial charge in [-0.05, 0) is 13.8 Å². The number of carbonyl (C=O) groups is 1. The summed E-state index contributed by atoms with van der Waals surface area (Å²) in [5.74, 6) is 0. The number of ether oxygens (including phenoxy) is 2. The van der Waals surface area contributed by atoms with Crippen molar-refractivity contribution in [2.24, 2.45) is 0 Å². The summed E-state index contributed by atoms with van der Waals surface area (Å²) in [6.45, 7) is 3.64. The van der Waals surface area contributed by atoms with E-state index >= 15 is 0 Å². The van der Waals surface area contributed by atoms with E-state index in [0.717, 1.165) is 0 Å². The molecule has 2 saturated heterocycles. The van der Waals surface area contributed by atoms with Crippen molar-refractivity contribution in [3.8, 4) is 0 Å². The zero-order valence-corrected chi connectivity index (χ0v) is 7.61. The Balaban J connectivity index is 2.23. The van der Waals surface area contributed by atoms with Crippen LogP contribution in [-0.2, 0) is 9.47 Å². The molecule has 2 heterocycles. The van der Waals surface area contributed by atoms with Crippen molar-refractivity contribution in [3.05, 3.63) is 0 Å². The predicted molar refractivity (Wildman–Crippen MR) is 43.0 cm³/mol. The zero-order valence-electron chi connectivity index (χ0n) is 7.61. The van der Waals surface area contributed by atoms with Crippen LogP contribution in [0, 0.1) is 0 Å². The van der Waals surface area contributed by atoms with Gasteiger partial charge in [0.25, 0.3) is 0 Å². The highest BCUT2D eigenvalue weighted by atomic mass is 16.6. The third-order valence-electron chi connectivity index (χ3n) is 2.65. The Labute approximate surface area is 76.0 Å². The first kappa shape index (κ1) is 8.77. The van der Waals surface area contributed by atoms with Crippen LogP contribution in [0.4, 0.5) is 4.79 Å². The van der Waals surface area contributed by atoms with Crippen LogP contribution in [0.3, 0.4) is 0 Å². The maximum atomic E-state index is 11.0. The number of nitrogens with one attached hydrogen (secondary N) is 1. The van der Waals surface area contributed by atoms with Crippen molar-refractivity contribution in [2.75, 3.05) is 0 Å². The number of hydrogen-bond donors (Lipinski definition) is 2. The minimum Gasteiger partial charge on any atom is -0.441 e. The van der Waals surface area contributed by atoms with Crippen LogP contribution in [-0.4, -0.2) is 35.2 Å². The van der Waals surface area contributed by atoms with E-state index in [4.69, 9.17) is 9.47 Å². The van der Waals surface area contributed by atoms with Gasteiger partial charge in [-0.3, -0.25) is 0 Å². The number of alkyl carbamates (subject to hydrolysis) is 1. The standard InChI is InChI=1S/C8H13NO4/c1-4-6-8(2,3-5(10)12-4)9-7(11)13-6/h4-6,10H,3H2,1-2H3,(H,9,11)/t4-,5?,6+,8-/m0/s1. The van der Waals surface area contributed by atoms with E-state index in [1.807, 2.05) is 6.92 Å². The molecule has 2 aliphatic rings. The molecule has 0 radical (unpaired) electrons. The van der Waals surface area contributed by atoms with Crippen molar-refractivity contribution in [3.63, 3.8) is 0 Å². The largest absolute Gasteiger partial charge is 0.441 e. The molecule has 0 spiro atoms. The Kier molecular flexibility index (Phi) is 1.75. The van der Waals surface area contributed by atoms with Gasteiger partial charge in [0.15, 0.2) is 12.4 Å². The molecule has 0 aromatic heterocycles. The Bertz CT molecular complexity index is 244. The Morgan fingerprint density at radius 1 is 1.69 bits per heavy atom. The first-order valence-electron chi connectivity index (χ1n) is 4.33. The fraction of sp³-hybridized carbons (Fsp3) is 0.875. The zero-order chi connectivity index (χ0) is 9.64. The highest BCUT2D eigenvalue weighted by Crippen LogP contribution is 2.34. The molecule has 5 nitrogen and oxygen atoms in total. The van der Waals surface area contributed by atoms with Gasteiger partial charge in [0, 0.05) is 6.42 Å². The van der Waals surface area contributed by atoms with Gasteiger partial charge >= 0.3 is 6.09 Å². The predicted octanol–water partition coefficient (Wildman–Crippen LogP) is -0.0193. The average molecular weight is 187 g/mol. The van der Waals surface area contributed by atoms with Gasteiger partial charge < -0.3 is 19.9 Å². The molecule has 13 heavy (non-hydrogen) atoms. The van der Waals surface area contributed by atoms with Crippen molar-refractivity contribution in [1.82, 2.24) is 5.32 Å². The SMILES string of the molecule is C[C@@H]1OC(O)C[C@]2(C)NC(=O)O[C@H]12. The van der Waals surface area contributed by atoms with Gasteiger partial charge in [-0.1, -0.05) is 0 Å². The van der Waals surface area contributed by atoms with Gasteiger partial charge in [0.2, 0.25) is 0 Å². The Morgan fingerprint density at radius 3 is 3.08 bits per heavy atom. The van der Waals surface area contributed by atoms with Crippen LogP contribution in [0.2, 0.25) is 0 Å². The molecule has 2 N–H and O–H groups in total. The van der Waals surface area contributed by atoms with Crippen LogP contribution in [0.5, 0.6) is 0 Å². The molecule has 0 aliphatic carbocycles. The number of hydrogen-bond acceptors (Lipinski definition) is 4. The van der Waals surface area contributed by atoms with Gasteiger partial charge in [-0.2, -0.15) is 0 Å². The van der Waals surface area contributed by atoms with E-state index in [2.05, 4.69) is 5.32 Å². The first-order valence-corrected chi connectivity index (χ1v) is 4.33. The number of aliphatic hydroxyl groups excluding tert-OH is 1. The number of amides is 1. The summed E-state index contributed by atoms with van der Waals surface area (Å²) in [7, 11) is 0. The number of carbonyl (C=O) groups excluding carboxylic acids is 1. The molecule has 74 valence electrons. The van der Waals surface area contributed by atoms with Crippen molar-refractivity contribution in [2.45, 2.75) is 44.3 Å². The number of rotatable bonds is 0. The minimum absolute atomic E-state index is 0.271. The van der Waals surface area contributed by atoms with Crippen LogP contribution in [0.1, 0.15) is 20.3 Å². The molecule has 5 heteroatoms. The molecular weight excluding hydrogens is 174 g/mol. The summed E-state index contributed by atoms with van der Waals surface area (Å²) >= 11 is 0. The van der Waals surface area contributed by atoms with E-state index in [9.17, 15) is 9.90 Å². The third-order valence-corrected chi connectivity index (χ3v) is 2.65. The van der Waals surface area contributed by atoms with Gasteiger partial charge in [0.1, 0.15) is 0 Å². The lowest BCUT2D eigenvalue weighted by molar-refractivity contribution is -0.205. The van der Waals surface area contributed by atoms with Gasteiger partial charge in [-0.15, -0.1) is 0 Å². The fourth-order valence-corrected chi connectivity index (χ4v) is 2.09. The van der Waals surface area contributed by atoms with Crippen molar-refractivity contribution in [1.29, 1.82) is 0 Å². The quantitative estimate of drug-likeness (QED) is 0.559. The molecule has 2 fully saturated rings. The lowest BCUT2D eigenvalue weighted by atomic mass is 9.86. The lowest BCUT2D eigenvalue weighted by Crippen LogP contribution is -2.57. The molecule has 1 unspecified atom stereocenters. The summed E-state index contributed by atoms with van der Waals surface area (Å²) in [6, 6.07) is 0. The molecule has 0 saturated carbocycles. The van der Waals surface area contributed by atoms with Crippen molar-refractivity contribution >= 4 is 6.09 Å². The van der Waals surface area contributed by atoms with Crippen molar-refractivity contribution < 1.29 is 19.4 Å². The molecule has 0 aromatic rings. The first-order chi connectivity index (χ1) is 6.01. The molecule has 0 bridgehead atoms. The summed E-state index contributed by atoms with van der Waals surface area (Å²) in [4.78, 5) is 11.0. The normalized spacial score (nSPS) is 49.5. The van der Waals surface area contributed by atoms with E-state index in [1.165, 1.54) is 0 Å². The Morgan fingerprint density at radius 2 is 2.38 bits per heavy atom. The van der Waals surface area contributed by atoms with Crippen LogP contribution in [0.15, 0.2) is 0 Å². The fourth-order valence-electron chi connectivity index (χ4n) is 2.09. The summed E-state index contributed by atoms with van der Waals surface area (Å²) < 4.78 is 10.2. The number of fused-ring (bicyclic) bond motifs is 1. The second-order valence-electron chi connectivity index (χ2n) is 3.87. The second kappa shape index (κ2) is 2.59. The molecule has 0 aromatic carbocycles. The second-order valence-corrected chi connectivity index (χ2v) is 3.87. The van der Waals surface area contributed by atoms with E-state index < -0.39 is 17.9 Å². The highest BCUT2D eigenvalue weighted by Gasteiger charge is 2.52. The maximum absolute atomic E-state index is 11.0. The average Bonchev–Trinajstić information content (AvgIpc) is 2.23. The summed E-state index contributed by atoms with van der Waals surface area (Å²) in [5, 5.41) is 12.0. The topological polar surface area (TPSA) is 67.8 Å². The molecule has 1 amide bonds. The van der Waals surface area contributed by atoms with Crippen LogP contribution >= 0.6 is 0 Å². The van der Waals surface area contributed by atoms with E-state index in [-0.39, 0.29) is 12.2 Å². The van der Waals surface area contributed by atoms with Crippen LogP contribution in [0.25, 0.3) is 0 Å². The van der Waals surface area contributed by atoms with Crippen LogP contribution < -0.4 is 5.32 Å². The number of aliphatic hydroxyl groups is 1.